The van der Waals surface area contributed by atoms with Crippen LogP contribution in [0.2, 0.25) is 0 Å². The van der Waals surface area contributed by atoms with Crippen molar-refractivity contribution in [2.45, 2.75) is 6.54 Å². The third-order valence-corrected chi connectivity index (χ3v) is 2.43. The number of rotatable bonds is 4. The molecule has 0 aliphatic heterocycles. The highest BCUT2D eigenvalue weighted by Gasteiger charge is 2.18. The van der Waals surface area contributed by atoms with Gasteiger partial charge in [-0.25, -0.2) is 9.18 Å². The van der Waals surface area contributed by atoms with Gasteiger partial charge >= 0.3 is 5.97 Å². The van der Waals surface area contributed by atoms with Gasteiger partial charge in [-0.05, 0) is 11.6 Å². The average Bonchev–Trinajstić information content (AvgIpc) is 2.73. The Kier molecular flexibility index (Phi) is 3.23. The minimum absolute atomic E-state index is 0.0137. The fraction of sp³-hybridized carbons (Fsp3) is 0.0909. The molecule has 0 fully saturated rings. The van der Waals surface area contributed by atoms with Crippen molar-refractivity contribution in [2.75, 3.05) is 0 Å². The lowest BCUT2D eigenvalue weighted by Crippen LogP contribution is -2.08. The molecule has 0 bridgehead atoms. The Labute approximate surface area is 106 Å². The van der Waals surface area contributed by atoms with Crippen LogP contribution in [0.15, 0.2) is 30.7 Å². The maximum Gasteiger partial charge on any atom is 0.352 e. The minimum Gasteiger partial charge on any atom is -0.477 e. The number of nitro groups is 1. The van der Waals surface area contributed by atoms with E-state index in [9.17, 15) is 19.3 Å². The van der Waals surface area contributed by atoms with Gasteiger partial charge in [-0.3, -0.25) is 15.1 Å². The number of carboxylic acid groups (broad SMARTS) is 1. The quantitative estimate of drug-likeness (QED) is 0.669. The molecule has 19 heavy (non-hydrogen) atoms. The van der Waals surface area contributed by atoms with E-state index in [2.05, 4.69) is 4.98 Å². The lowest BCUT2D eigenvalue weighted by Gasteiger charge is -2.05. The summed E-state index contributed by atoms with van der Waals surface area (Å²) < 4.78 is 14.1. The van der Waals surface area contributed by atoms with Crippen molar-refractivity contribution in [3.63, 3.8) is 0 Å². The van der Waals surface area contributed by atoms with Crippen molar-refractivity contribution >= 4 is 11.7 Å². The molecule has 2 aromatic heterocycles. The second-order valence-electron chi connectivity index (χ2n) is 3.79. The van der Waals surface area contributed by atoms with E-state index >= 15 is 0 Å². The molecule has 1 N–H and O–H groups in total. The average molecular weight is 265 g/mol. The molecule has 2 heterocycles. The summed E-state index contributed by atoms with van der Waals surface area (Å²) in [5.41, 5.74) is -0.161. The lowest BCUT2D eigenvalue weighted by molar-refractivity contribution is -0.384. The summed E-state index contributed by atoms with van der Waals surface area (Å²) in [6, 6.07) is 2.14. The van der Waals surface area contributed by atoms with Crippen molar-refractivity contribution in [1.29, 1.82) is 0 Å². The predicted octanol–water partition coefficient (Wildman–Crippen LogP) is 1.68. The molecule has 7 nitrogen and oxygen atoms in total. The largest absolute Gasteiger partial charge is 0.477 e. The van der Waals surface area contributed by atoms with Gasteiger partial charge in [-0.15, -0.1) is 0 Å². The van der Waals surface area contributed by atoms with Crippen LogP contribution in [0.5, 0.6) is 0 Å². The second-order valence-corrected chi connectivity index (χ2v) is 3.79. The van der Waals surface area contributed by atoms with Gasteiger partial charge in [0.15, 0.2) is 0 Å². The SMILES string of the molecule is O=C(O)c1cc([N+](=O)[O-])cn1Cc1cncc(F)c1. The first kappa shape index (κ1) is 12.7. The summed E-state index contributed by atoms with van der Waals surface area (Å²) in [5, 5.41) is 19.6. The Balaban J connectivity index is 2.38. The molecule has 98 valence electrons. The summed E-state index contributed by atoms with van der Waals surface area (Å²) in [7, 11) is 0. The fourth-order valence-electron chi connectivity index (χ4n) is 1.64. The van der Waals surface area contributed by atoms with Crippen LogP contribution in [0.3, 0.4) is 0 Å². The standard InChI is InChI=1S/C11H8FN3O4/c12-8-1-7(3-13-4-8)5-14-6-9(15(18)19)2-10(14)11(16)17/h1-4,6H,5H2,(H,16,17). The number of hydrogen-bond acceptors (Lipinski definition) is 4. The first-order valence-corrected chi connectivity index (χ1v) is 5.14. The number of pyridine rings is 1. The number of aromatic carboxylic acids is 1. The molecule has 0 aliphatic rings. The lowest BCUT2D eigenvalue weighted by atomic mass is 10.3. The first-order chi connectivity index (χ1) is 8.97. The Hall–Kier alpha value is -2.77. The van der Waals surface area contributed by atoms with Crippen LogP contribution in [-0.2, 0) is 6.54 Å². The van der Waals surface area contributed by atoms with Gasteiger partial charge in [0.25, 0.3) is 5.69 Å². The van der Waals surface area contributed by atoms with E-state index in [4.69, 9.17) is 5.11 Å². The van der Waals surface area contributed by atoms with Crippen LogP contribution in [0.1, 0.15) is 16.1 Å². The van der Waals surface area contributed by atoms with Gasteiger partial charge < -0.3 is 9.67 Å². The predicted molar refractivity (Wildman–Crippen MR) is 61.3 cm³/mol. The number of carbonyl (C=O) groups is 1. The summed E-state index contributed by atoms with van der Waals surface area (Å²) in [5.74, 6) is -1.85. The zero-order chi connectivity index (χ0) is 14.0. The van der Waals surface area contributed by atoms with Crippen molar-refractivity contribution in [2.24, 2.45) is 0 Å². The molecule has 0 saturated carbocycles. The van der Waals surface area contributed by atoms with Crippen LogP contribution in [0.25, 0.3) is 0 Å². The molecule has 2 rings (SSSR count). The van der Waals surface area contributed by atoms with E-state index in [1.165, 1.54) is 12.3 Å². The maximum atomic E-state index is 13.0. The Bertz CT molecular complexity index is 653. The van der Waals surface area contributed by atoms with Crippen molar-refractivity contribution in [3.05, 3.63) is 57.9 Å². The van der Waals surface area contributed by atoms with Crippen LogP contribution >= 0.6 is 0 Å². The number of hydrogen-bond donors (Lipinski definition) is 1. The van der Waals surface area contributed by atoms with E-state index in [-0.39, 0.29) is 17.9 Å². The van der Waals surface area contributed by atoms with E-state index in [1.807, 2.05) is 0 Å². The molecule has 0 atom stereocenters. The van der Waals surface area contributed by atoms with Crippen molar-refractivity contribution in [3.8, 4) is 0 Å². The normalized spacial score (nSPS) is 10.4. The Morgan fingerprint density at radius 1 is 1.47 bits per heavy atom. The fourth-order valence-corrected chi connectivity index (χ4v) is 1.64. The molecule has 0 spiro atoms. The van der Waals surface area contributed by atoms with Crippen LogP contribution < -0.4 is 0 Å². The molecule has 8 heteroatoms. The highest BCUT2D eigenvalue weighted by molar-refractivity contribution is 5.86. The third-order valence-electron chi connectivity index (χ3n) is 2.43. The molecular weight excluding hydrogens is 257 g/mol. The molecular formula is C11H8FN3O4. The number of aromatic nitrogens is 2. The van der Waals surface area contributed by atoms with Crippen LogP contribution in [0, 0.1) is 15.9 Å². The molecule has 0 saturated heterocycles. The van der Waals surface area contributed by atoms with Gasteiger partial charge in [-0.2, -0.15) is 0 Å². The minimum atomic E-state index is -1.29. The summed E-state index contributed by atoms with van der Waals surface area (Å²) in [6.45, 7) is -0.0137. The number of nitrogens with zero attached hydrogens (tertiary/aromatic N) is 3. The van der Waals surface area contributed by atoms with Gasteiger partial charge in [-0.1, -0.05) is 0 Å². The van der Waals surface area contributed by atoms with Crippen LogP contribution in [-0.4, -0.2) is 25.6 Å². The Morgan fingerprint density at radius 3 is 2.79 bits per heavy atom. The van der Waals surface area contributed by atoms with Crippen molar-refractivity contribution < 1.29 is 19.2 Å². The third kappa shape index (κ3) is 2.73. The second kappa shape index (κ2) is 4.84. The molecule has 0 aromatic carbocycles. The number of carboxylic acids is 1. The van der Waals surface area contributed by atoms with E-state index < -0.39 is 16.7 Å². The molecule has 2 aromatic rings. The van der Waals surface area contributed by atoms with Crippen molar-refractivity contribution in [1.82, 2.24) is 9.55 Å². The summed E-state index contributed by atoms with van der Waals surface area (Å²) in [6.07, 6.45) is 3.47. The zero-order valence-electron chi connectivity index (χ0n) is 9.49. The van der Waals surface area contributed by atoms with E-state index in [0.29, 0.717) is 5.56 Å². The van der Waals surface area contributed by atoms with E-state index in [0.717, 1.165) is 23.0 Å². The van der Waals surface area contributed by atoms with Crippen LogP contribution in [0.4, 0.5) is 10.1 Å². The summed E-state index contributed by atoms with van der Waals surface area (Å²) >= 11 is 0. The van der Waals surface area contributed by atoms with Gasteiger partial charge in [0, 0.05) is 18.8 Å². The maximum absolute atomic E-state index is 13.0. The highest BCUT2D eigenvalue weighted by Crippen LogP contribution is 2.18. The van der Waals surface area contributed by atoms with Gasteiger partial charge in [0.2, 0.25) is 0 Å². The summed E-state index contributed by atoms with van der Waals surface area (Å²) in [4.78, 5) is 24.5. The van der Waals surface area contributed by atoms with Gasteiger partial charge in [0.1, 0.15) is 11.5 Å². The number of halogens is 1. The van der Waals surface area contributed by atoms with Gasteiger partial charge in [0.05, 0.1) is 17.3 Å². The molecule has 0 aliphatic carbocycles. The van der Waals surface area contributed by atoms with E-state index in [1.54, 1.807) is 0 Å². The first-order valence-electron chi connectivity index (χ1n) is 5.14. The Morgan fingerprint density at radius 2 is 2.21 bits per heavy atom. The highest BCUT2D eigenvalue weighted by atomic mass is 19.1. The zero-order valence-corrected chi connectivity index (χ0v) is 9.49. The topological polar surface area (TPSA) is 98.3 Å². The monoisotopic (exact) mass is 265 g/mol. The molecule has 0 unspecified atom stereocenters. The molecule has 0 radical (unpaired) electrons. The smallest absolute Gasteiger partial charge is 0.352 e. The molecule has 0 amide bonds.